The summed E-state index contributed by atoms with van der Waals surface area (Å²) in [5, 5.41) is 11.8. The van der Waals surface area contributed by atoms with Gasteiger partial charge in [0.15, 0.2) is 5.92 Å². The standard InChI is InChI=1S/C16H18N6O3/c1-10-5-4-6-12(19-10)20-13(23)7-8-18-14-11(9-17)15(24)22(3)16(25)21(14)2/h4-6,11H,7-8H2,1-3H3,(H,19,20,23). The number of carbonyl (C=O) groups excluding carboxylic acids is 3. The Labute approximate surface area is 145 Å². The van der Waals surface area contributed by atoms with E-state index in [1.165, 1.54) is 14.1 Å². The first-order valence-electron chi connectivity index (χ1n) is 7.58. The van der Waals surface area contributed by atoms with Crippen LogP contribution in [0.5, 0.6) is 0 Å². The second kappa shape index (κ2) is 7.53. The Kier molecular flexibility index (Phi) is 5.44. The van der Waals surface area contributed by atoms with E-state index < -0.39 is 17.9 Å². The summed E-state index contributed by atoms with van der Waals surface area (Å²) in [6.45, 7) is 1.85. The molecule has 9 heteroatoms. The number of nitrogens with zero attached hydrogens (tertiary/aromatic N) is 5. The van der Waals surface area contributed by atoms with Crippen molar-refractivity contribution < 1.29 is 14.4 Å². The summed E-state index contributed by atoms with van der Waals surface area (Å²) in [6, 6.07) is 6.54. The minimum Gasteiger partial charge on any atom is -0.311 e. The molecule has 1 aromatic heterocycles. The number of pyridine rings is 1. The minimum absolute atomic E-state index is 0.0311. The van der Waals surface area contributed by atoms with E-state index in [-0.39, 0.29) is 24.7 Å². The van der Waals surface area contributed by atoms with Crippen LogP contribution in [0.2, 0.25) is 0 Å². The van der Waals surface area contributed by atoms with E-state index in [4.69, 9.17) is 0 Å². The SMILES string of the molecule is Cc1cccc(NC(=O)CCN=C2C(C#N)C(=O)N(C)C(=O)N2C)n1. The molecule has 1 N–H and O–H groups in total. The van der Waals surface area contributed by atoms with Crippen molar-refractivity contribution in [1.82, 2.24) is 14.8 Å². The summed E-state index contributed by atoms with van der Waals surface area (Å²) in [5.41, 5.74) is 0.778. The lowest BCUT2D eigenvalue weighted by atomic mass is 10.1. The Bertz CT molecular complexity index is 782. The Morgan fingerprint density at radius 1 is 1.36 bits per heavy atom. The van der Waals surface area contributed by atoms with Crippen molar-refractivity contribution in [2.45, 2.75) is 13.3 Å². The van der Waals surface area contributed by atoms with Gasteiger partial charge in [-0.3, -0.25) is 24.4 Å². The van der Waals surface area contributed by atoms with Crippen LogP contribution in [0.3, 0.4) is 0 Å². The van der Waals surface area contributed by atoms with Crippen LogP contribution in [0, 0.1) is 24.2 Å². The zero-order valence-electron chi connectivity index (χ0n) is 14.2. The number of aromatic nitrogens is 1. The second-order valence-corrected chi connectivity index (χ2v) is 5.50. The fraction of sp³-hybridized carbons (Fsp3) is 0.375. The predicted octanol–water partition coefficient (Wildman–Crippen LogP) is 0.781. The van der Waals surface area contributed by atoms with Gasteiger partial charge in [0.2, 0.25) is 5.91 Å². The molecule has 2 rings (SSSR count). The molecule has 0 aliphatic carbocycles. The largest absolute Gasteiger partial charge is 0.331 e. The first-order valence-corrected chi connectivity index (χ1v) is 7.58. The van der Waals surface area contributed by atoms with Crippen molar-refractivity contribution in [3.8, 4) is 6.07 Å². The summed E-state index contributed by atoms with van der Waals surface area (Å²) >= 11 is 0. The molecule has 4 amide bonds. The second-order valence-electron chi connectivity index (χ2n) is 5.50. The van der Waals surface area contributed by atoms with Crippen molar-refractivity contribution in [1.29, 1.82) is 5.26 Å². The van der Waals surface area contributed by atoms with Gasteiger partial charge in [0.25, 0.3) is 5.91 Å². The molecule has 1 saturated heterocycles. The van der Waals surface area contributed by atoms with Crippen LogP contribution >= 0.6 is 0 Å². The lowest BCUT2D eigenvalue weighted by Crippen LogP contribution is -2.56. The number of amidine groups is 1. The number of anilines is 1. The maximum atomic E-state index is 12.0. The molecule has 1 fully saturated rings. The third-order valence-electron chi connectivity index (χ3n) is 3.65. The van der Waals surface area contributed by atoms with E-state index in [9.17, 15) is 19.6 Å². The summed E-state index contributed by atoms with van der Waals surface area (Å²) in [5.74, 6) is -1.59. The van der Waals surface area contributed by atoms with Crippen LogP contribution in [0.25, 0.3) is 0 Å². The van der Waals surface area contributed by atoms with E-state index in [1.807, 2.05) is 19.1 Å². The number of nitriles is 1. The Hall–Kier alpha value is -3.28. The predicted molar refractivity (Wildman–Crippen MR) is 89.6 cm³/mol. The summed E-state index contributed by atoms with van der Waals surface area (Å²) in [4.78, 5) is 46.2. The molecule has 0 radical (unpaired) electrons. The molecule has 1 aliphatic rings. The Morgan fingerprint density at radius 2 is 2.08 bits per heavy atom. The molecule has 2 heterocycles. The smallest absolute Gasteiger partial charge is 0.311 e. The van der Waals surface area contributed by atoms with Gasteiger partial charge in [-0.05, 0) is 19.1 Å². The number of rotatable bonds is 4. The van der Waals surface area contributed by atoms with Crippen LogP contribution in [0.1, 0.15) is 12.1 Å². The highest BCUT2D eigenvalue weighted by Gasteiger charge is 2.40. The number of hydrogen-bond donors (Lipinski definition) is 1. The average molecular weight is 342 g/mol. The summed E-state index contributed by atoms with van der Waals surface area (Å²) in [6.07, 6.45) is 0.0311. The van der Waals surface area contributed by atoms with E-state index in [2.05, 4.69) is 15.3 Å². The lowest BCUT2D eigenvalue weighted by Gasteiger charge is -2.32. The van der Waals surface area contributed by atoms with Gasteiger partial charge >= 0.3 is 6.03 Å². The van der Waals surface area contributed by atoms with Crippen molar-refractivity contribution in [2.75, 3.05) is 26.0 Å². The maximum Gasteiger partial charge on any atom is 0.331 e. The molecule has 1 atom stereocenters. The number of aryl methyl sites for hydroxylation is 1. The lowest BCUT2D eigenvalue weighted by molar-refractivity contribution is -0.129. The average Bonchev–Trinajstić information content (AvgIpc) is 2.57. The molecular weight excluding hydrogens is 324 g/mol. The van der Waals surface area contributed by atoms with E-state index >= 15 is 0 Å². The molecule has 0 bridgehead atoms. The fourth-order valence-electron chi connectivity index (χ4n) is 2.32. The quantitative estimate of drug-likeness (QED) is 0.867. The van der Waals surface area contributed by atoms with Gasteiger partial charge in [-0.25, -0.2) is 9.78 Å². The molecule has 0 aromatic carbocycles. The van der Waals surface area contributed by atoms with Gasteiger partial charge < -0.3 is 5.32 Å². The van der Waals surface area contributed by atoms with E-state index in [0.717, 1.165) is 15.5 Å². The van der Waals surface area contributed by atoms with Gasteiger partial charge in [-0.1, -0.05) is 6.07 Å². The highest BCUT2D eigenvalue weighted by Crippen LogP contribution is 2.16. The first-order chi connectivity index (χ1) is 11.8. The molecule has 130 valence electrons. The zero-order chi connectivity index (χ0) is 18.6. The number of aliphatic imine (C=N–C) groups is 1. The van der Waals surface area contributed by atoms with Crippen LogP contribution in [-0.4, -0.2) is 59.1 Å². The number of amides is 4. The van der Waals surface area contributed by atoms with Crippen molar-refractivity contribution in [3.63, 3.8) is 0 Å². The van der Waals surface area contributed by atoms with Crippen molar-refractivity contribution >= 4 is 29.5 Å². The molecule has 1 aliphatic heterocycles. The van der Waals surface area contributed by atoms with E-state index in [1.54, 1.807) is 12.1 Å². The van der Waals surface area contributed by atoms with Crippen LogP contribution in [-0.2, 0) is 9.59 Å². The van der Waals surface area contributed by atoms with Gasteiger partial charge in [0, 0.05) is 32.8 Å². The van der Waals surface area contributed by atoms with Crippen LogP contribution in [0.15, 0.2) is 23.2 Å². The topological polar surface area (TPSA) is 119 Å². The molecular formula is C16H18N6O3. The number of nitrogens with one attached hydrogen (secondary N) is 1. The maximum absolute atomic E-state index is 12.0. The number of hydrogen-bond acceptors (Lipinski definition) is 6. The molecule has 9 nitrogen and oxygen atoms in total. The van der Waals surface area contributed by atoms with Gasteiger partial charge in [0.05, 0.1) is 6.07 Å². The van der Waals surface area contributed by atoms with Gasteiger partial charge in [0.1, 0.15) is 11.7 Å². The molecule has 1 aromatic rings. The van der Waals surface area contributed by atoms with Gasteiger partial charge in [-0.2, -0.15) is 5.26 Å². The third kappa shape index (κ3) is 3.98. The van der Waals surface area contributed by atoms with Crippen LogP contribution in [0.4, 0.5) is 10.6 Å². The summed E-state index contributed by atoms with van der Waals surface area (Å²) < 4.78 is 0. The highest BCUT2D eigenvalue weighted by molar-refractivity contribution is 6.19. The van der Waals surface area contributed by atoms with Crippen LogP contribution < -0.4 is 5.32 Å². The zero-order valence-corrected chi connectivity index (χ0v) is 14.2. The minimum atomic E-state index is -1.16. The Morgan fingerprint density at radius 3 is 2.72 bits per heavy atom. The number of urea groups is 1. The monoisotopic (exact) mass is 342 g/mol. The number of imide groups is 1. The molecule has 0 saturated carbocycles. The van der Waals surface area contributed by atoms with Crippen molar-refractivity contribution in [2.24, 2.45) is 10.9 Å². The fourth-order valence-corrected chi connectivity index (χ4v) is 2.32. The summed E-state index contributed by atoms with van der Waals surface area (Å²) in [7, 11) is 2.75. The van der Waals surface area contributed by atoms with E-state index in [0.29, 0.717) is 5.82 Å². The normalized spacial score (nSPS) is 19.1. The molecule has 1 unspecified atom stereocenters. The third-order valence-corrected chi connectivity index (χ3v) is 3.65. The molecule has 0 spiro atoms. The number of carbonyl (C=O) groups is 3. The first kappa shape index (κ1) is 18.1. The Balaban J connectivity index is 2.02. The van der Waals surface area contributed by atoms with Crippen molar-refractivity contribution in [3.05, 3.63) is 23.9 Å². The molecule has 25 heavy (non-hydrogen) atoms. The highest BCUT2D eigenvalue weighted by atomic mass is 16.2. The van der Waals surface area contributed by atoms with Gasteiger partial charge in [-0.15, -0.1) is 0 Å².